The molecule has 0 amide bonds. The molecule has 0 aromatic heterocycles. The summed E-state index contributed by atoms with van der Waals surface area (Å²) in [6.45, 7) is 15.4. The molecule has 0 spiro atoms. The van der Waals surface area contributed by atoms with Gasteiger partial charge in [0.05, 0.1) is 0 Å². The molecule has 196 valence electrons. The van der Waals surface area contributed by atoms with Crippen LogP contribution in [-0.4, -0.2) is 54.4 Å². The lowest BCUT2D eigenvalue weighted by Crippen LogP contribution is -2.29. The van der Waals surface area contributed by atoms with Crippen molar-refractivity contribution in [2.75, 3.05) is 33.7 Å². The minimum absolute atomic E-state index is 0.0597. The Hall–Kier alpha value is -1.59. The Bertz CT molecular complexity index is 974. The molecule has 0 bridgehead atoms. The molecule has 1 fully saturated rings. The first-order chi connectivity index (χ1) is 16.6. The van der Waals surface area contributed by atoms with Crippen molar-refractivity contribution in [3.63, 3.8) is 0 Å². The average molecular weight is 504 g/mol. The summed E-state index contributed by atoms with van der Waals surface area (Å²) < 4.78 is 22.1. The molecule has 7 heteroatoms. The number of allylic oxidation sites excluding steroid dienone is 3. The third kappa shape index (κ3) is 7.01. The fraction of sp³-hybridized carbons (Fsp3) is 0.643. The van der Waals surface area contributed by atoms with Gasteiger partial charge < -0.3 is 9.63 Å². The van der Waals surface area contributed by atoms with Crippen LogP contribution in [0.4, 0.5) is 0 Å². The fourth-order valence-electron chi connectivity index (χ4n) is 5.12. The number of nitrogens with one attached hydrogen (secondary N) is 1. The van der Waals surface area contributed by atoms with Crippen LogP contribution in [0.25, 0.3) is 0 Å². The Labute approximate surface area is 213 Å². The summed E-state index contributed by atoms with van der Waals surface area (Å²) in [6.07, 6.45) is 8.41. The topological polar surface area (TPSA) is 64.8 Å². The molecule has 5 atom stereocenters. The number of aromatic hydroxyl groups is 1. The predicted octanol–water partition coefficient (Wildman–Crippen LogP) is 6.48. The summed E-state index contributed by atoms with van der Waals surface area (Å²) >= 11 is 0. The van der Waals surface area contributed by atoms with Crippen LogP contribution >= 0.6 is 7.67 Å². The summed E-state index contributed by atoms with van der Waals surface area (Å²) in [5, 5.41) is 14.6. The first kappa shape index (κ1) is 28.0. The second-order valence-electron chi connectivity index (χ2n) is 10.6. The van der Waals surface area contributed by atoms with Gasteiger partial charge in [0, 0.05) is 30.6 Å². The van der Waals surface area contributed by atoms with E-state index in [1.807, 2.05) is 12.1 Å². The van der Waals surface area contributed by atoms with Crippen LogP contribution < -0.4 is 9.61 Å². The third-order valence-electron chi connectivity index (χ3n) is 7.47. The van der Waals surface area contributed by atoms with E-state index in [9.17, 15) is 9.67 Å². The van der Waals surface area contributed by atoms with Gasteiger partial charge in [-0.05, 0) is 83.8 Å². The quantitative estimate of drug-likeness (QED) is 0.139. The largest absolute Gasteiger partial charge is 0.507 e. The number of phenolic OH excluding ortho intramolecular Hbond substituents is 1. The lowest BCUT2D eigenvalue weighted by molar-refractivity contribution is 0.384. The van der Waals surface area contributed by atoms with E-state index in [-0.39, 0.29) is 17.6 Å². The maximum atomic E-state index is 14.1. The first-order valence-electron chi connectivity index (χ1n) is 13.2. The molecule has 2 N–H and O–H groups in total. The highest BCUT2D eigenvalue weighted by Crippen LogP contribution is 2.52. The maximum Gasteiger partial charge on any atom is 0.392 e. The molecule has 1 aromatic rings. The van der Waals surface area contributed by atoms with Crippen LogP contribution in [0.15, 0.2) is 35.9 Å². The van der Waals surface area contributed by atoms with Crippen molar-refractivity contribution in [3.05, 3.63) is 47.1 Å². The van der Waals surface area contributed by atoms with Crippen molar-refractivity contribution in [2.24, 2.45) is 5.92 Å². The van der Waals surface area contributed by atoms with E-state index in [4.69, 9.17) is 4.52 Å². The van der Waals surface area contributed by atoms with Gasteiger partial charge in [0.15, 0.2) is 0 Å². The zero-order valence-electron chi connectivity index (χ0n) is 22.6. The Balaban J connectivity index is 2.00. The lowest BCUT2D eigenvalue weighted by atomic mass is 9.73. The van der Waals surface area contributed by atoms with E-state index < -0.39 is 7.67 Å². The first-order valence-corrected chi connectivity index (χ1v) is 14.8. The van der Waals surface area contributed by atoms with Crippen LogP contribution in [-0.2, 0) is 11.0 Å². The van der Waals surface area contributed by atoms with Gasteiger partial charge in [-0.3, -0.25) is 4.90 Å². The molecule has 3 rings (SSSR count). The average Bonchev–Trinajstić information content (AvgIpc) is 3.56. The lowest BCUT2D eigenvalue weighted by Gasteiger charge is -2.33. The van der Waals surface area contributed by atoms with E-state index in [0.29, 0.717) is 18.3 Å². The molecule has 1 aliphatic heterocycles. The third-order valence-corrected chi connectivity index (χ3v) is 9.55. The van der Waals surface area contributed by atoms with Crippen molar-refractivity contribution in [2.45, 2.75) is 78.2 Å². The molecule has 1 aromatic carbocycles. The second kappa shape index (κ2) is 12.1. The molecule has 0 saturated carbocycles. The maximum absolute atomic E-state index is 14.1. The number of phenols is 1. The van der Waals surface area contributed by atoms with Gasteiger partial charge in [0.25, 0.3) is 0 Å². The van der Waals surface area contributed by atoms with Crippen LogP contribution in [0, 0.1) is 5.92 Å². The number of nitrogens with zero attached hydrogens (tertiary/aromatic N) is 2. The van der Waals surface area contributed by atoms with E-state index in [0.717, 1.165) is 68.3 Å². The molecular formula is C28H46N3O3P. The highest BCUT2D eigenvalue weighted by Gasteiger charge is 2.38. The SMILES string of the molecule is C=C(C)[C@@H]1CCC(C)=C[C@H]1c1c(O)cc(CCCCC)cc1OP(=O)(NCC1CN1CC)N(C)C. The Kier molecular flexibility index (Phi) is 9.67. The summed E-state index contributed by atoms with van der Waals surface area (Å²) in [5.41, 5.74) is 4.13. The second-order valence-corrected chi connectivity index (χ2v) is 12.9. The van der Waals surface area contributed by atoms with Crippen LogP contribution in [0.1, 0.15) is 76.8 Å². The van der Waals surface area contributed by atoms with Gasteiger partial charge >= 0.3 is 7.67 Å². The van der Waals surface area contributed by atoms with Crippen molar-refractivity contribution in [1.29, 1.82) is 0 Å². The van der Waals surface area contributed by atoms with E-state index in [1.54, 1.807) is 18.8 Å². The Morgan fingerprint density at radius 2 is 2.06 bits per heavy atom. The number of rotatable bonds is 13. The van der Waals surface area contributed by atoms with E-state index in [2.05, 4.69) is 50.3 Å². The molecule has 0 radical (unpaired) electrons. The van der Waals surface area contributed by atoms with Gasteiger partial charge in [0.1, 0.15) is 11.5 Å². The molecule has 6 nitrogen and oxygen atoms in total. The van der Waals surface area contributed by atoms with Gasteiger partial charge in [-0.1, -0.05) is 50.5 Å². The van der Waals surface area contributed by atoms with Gasteiger partial charge in [-0.15, -0.1) is 0 Å². The molecule has 3 unspecified atom stereocenters. The zero-order valence-corrected chi connectivity index (χ0v) is 23.5. The number of hydrogen-bond acceptors (Lipinski definition) is 4. The van der Waals surface area contributed by atoms with E-state index in [1.165, 1.54) is 5.57 Å². The van der Waals surface area contributed by atoms with E-state index >= 15 is 0 Å². The van der Waals surface area contributed by atoms with Gasteiger partial charge in [0.2, 0.25) is 0 Å². The minimum Gasteiger partial charge on any atom is -0.507 e. The smallest absolute Gasteiger partial charge is 0.392 e. The van der Waals surface area contributed by atoms with Crippen molar-refractivity contribution >= 4 is 7.67 Å². The number of likely N-dealkylation sites (N-methyl/N-ethyl adjacent to an activating group) is 1. The van der Waals surface area contributed by atoms with Crippen LogP contribution in [0.5, 0.6) is 11.5 Å². The highest BCUT2D eigenvalue weighted by molar-refractivity contribution is 7.54. The molecular weight excluding hydrogens is 457 g/mol. The Morgan fingerprint density at radius 1 is 1.31 bits per heavy atom. The summed E-state index contributed by atoms with van der Waals surface area (Å²) in [6, 6.07) is 4.27. The molecule has 2 aliphatic rings. The zero-order chi connectivity index (χ0) is 25.8. The van der Waals surface area contributed by atoms with Crippen LogP contribution in [0.3, 0.4) is 0 Å². The number of hydrogen-bond donors (Lipinski definition) is 2. The summed E-state index contributed by atoms with van der Waals surface area (Å²) in [7, 11) is 0.194. The van der Waals surface area contributed by atoms with Gasteiger partial charge in [-0.2, -0.15) is 0 Å². The predicted molar refractivity (Wildman–Crippen MR) is 146 cm³/mol. The van der Waals surface area contributed by atoms with Crippen molar-refractivity contribution in [1.82, 2.24) is 14.7 Å². The standard InChI is InChI=1S/C28H46N3O3P/c1-8-10-11-12-22-16-26(32)28(25-15-21(5)13-14-24(25)20(3)4)27(17-22)34-35(33,30(6)7)29-18-23-19-31(23)9-2/h15-17,23-25,32H,3,8-14,18-19H2,1-2,4-7H3,(H,29,33)/t23?,24-,25+,31?,35?/m0/s1. The van der Waals surface area contributed by atoms with Gasteiger partial charge in [-0.25, -0.2) is 14.3 Å². The van der Waals surface area contributed by atoms with Crippen molar-refractivity contribution < 1.29 is 14.2 Å². The number of aryl methyl sites for hydroxylation is 1. The number of unbranched alkanes of at least 4 members (excludes halogenated alkanes) is 2. The van der Waals surface area contributed by atoms with Crippen molar-refractivity contribution in [3.8, 4) is 11.5 Å². The summed E-state index contributed by atoms with van der Waals surface area (Å²) in [5.74, 6) is 0.886. The minimum atomic E-state index is -3.37. The molecule has 35 heavy (non-hydrogen) atoms. The normalized spacial score (nSPS) is 25.7. The molecule has 1 aliphatic carbocycles. The monoisotopic (exact) mass is 503 g/mol. The fourth-order valence-corrected chi connectivity index (χ4v) is 6.49. The summed E-state index contributed by atoms with van der Waals surface area (Å²) in [4.78, 5) is 2.33. The van der Waals surface area contributed by atoms with Crippen LogP contribution in [0.2, 0.25) is 0 Å². The Morgan fingerprint density at radius 3 is 2.66 bits per heavy atom. The molecule has 1 heterocycles. The highest BCUT2D eigenvalue weighted by atomic mass is 31.2. The number of benzene rings is 1. The molecule has 1 saturated heterocycles.